The zero-order valence-corrected chi connectivity index (χ0v) is 15.9. The Hall–Kier alpha value is -2.57. The summed E-state index contributed by atoms with van der Waals surface area (Å²) in [6.07, 6.45) is 2.39. The van der Waals surface area contributed by atoms with Crippen LogP contribution in [0.4, 0.5) is 6.01 Å². The third-order valence-electron chi connectivity index (χ3n) is 5.83. The van der Waals surface area contributed by atoms with Gasteiger partial charge in [0.2, 0.25) is 5.91 Å². The monoisotopic (exact) mass is 373 g/mol. The van der Waals surface area contributed by atoms with E-state index in [1.165, 1.54) is 0 Å². The number of oxazole rings is 1. The standard InChI is InChI=1S/C20H27N3O4/c1-3-20(4-2,18(25)26)13-21-17(24)14-9-11-23(12-10-14)19-22-15-7-5-6-8-16(15)27-19/h5-8,14H,3-4,9-13H2,1-2H3,(H,21,24)(H,25,26). The number of nitrogens with one attached hydrogen (secondary N) is 1. The van der Waals surface area contributed by atoms with Gasteiger partial charge in [0, 0.05) is 25.6 Å². The van der Waals surface area contributed by atoms with Crippen LogP contribution in [0.3, 0.4) is 0 Å². The van der Waals surface area contributed by atoms with Gasteiger partial charge in [-0.25, -0.2) is 0 Å². The van der Waals surface area contributed by atoms with Gasteiger partial charge in [0.15, 0.2) is 5.58 Å². The van der Waals surface area contributed by atoms with Crippen LogP contribution in [0.15, 0.2) is 28.7 Å². The SMILES string of the molecule is CCC(CC)(CNC(=O)C1CCN(c2nc3ccccc3o2)CC1)C(=O)O. The number of hydrogen-bond donors (Lipinski definition) is 2. The van der Waals surface area contributed by atoms with Crippen molar-refractivity contribution in [1.29, 1.82) is 0 Å². The minimum atomic E-state index is -0.880. The number of hydrogen-bond acceptors (Lipinski definition) is 5. The fourth-order valence-electron chi connectivity index (χ4n) is 3.61. The molecule has 1 aromatic carbocycles. The Kier molecular flexibility index (Phi) is 5.68. The number of carbonyl (C=O) groups excluding carboxylic acids is 1. The van der Waals surface area contributed by atoms with Crippen molar-refractivity contribution >= 4 is 29.0 Å². The molecule has 3 rings (SSSR count). The van der Waals surface area contributed by atoms with E-state index in [4.69, 9.17) is 4.42 Å². The number of amides is 1. The fraction of sp³-hybridized carbons (Fsp3) is 0.550. The quantitative estimate of drug-likeness (QED) is 0.774. The molecule has 146 valence electrons. The Balaban J connectivity index is 1.55. The molecular formula is C20H27N3O4. The lowest BCUT2D eigenvalue weighted by Gasteiger charge is -2.32. The van der Waals surface area contributed by atoms with E-state index in [1.807, 2.05) is 38.1 Å². The van der Waals surface area contributed by atoms with Gasteiger partial charge in [-0.1, -0.05) is 26.0 Å². The Labute approximate surface area is 158 Å². The van der Waals surface area contributed by atoms with Crippen molar-refractivity contribution in [2.24, 2.45) is 11.3 Å². The van der Waals surface area contributed by atoms with E-state index >= 15 is 0 Å². The Morgan fingerprint density at radius 2 is 1.93 bits per heavy atom. The molecule has 0 saturated carbocycles. The van der Waals surface area contributed by atoms with Gasteiger partial charge in [0.25, 0.3) is 6.01 Å². The number of carboxylic acid groups (broad SMARTS) is 1. The molecule has 7 heteroatoms. The summed E-state index contributed by atoms with van der Waals surface area (Å²) in [6, 6.07) is 8.24. The molecule has 1 fully saturated rings. The molecule has 27 heavy (non-hydrogen) atoms. The minimum Gasteiger partial charge on any atom is -0.481 e. The van der Waals surface area contributed by atoms with Crippen molar-refractivity contribution in [3.05, 3.63) is 24.3 Å². The van der Waals surface area contributed by atoms with Crippen molar-refractivity contribution in [2.45, 2.75) is 39.5 Å². The van der Waals surface area contributed by atoms with Crippen LogP contribution in [0.5, 0.6) is 0 Å². The molecule has 0 spiro atoms. The molecule has 2 aromatic rings. The zero-order valence-electron chi connectivity index (χ0n) is 15.9. The summed E-state index contributed by atoms with van der Waals surface area (Å²) in [5.74, 6) is -1.01. The summed E-state index contributed by atoms with van der Waals surface area (Å²) in [7, 11) is 0. The van der Waals surface area contributed by atoms with E-state index in [0.29, 0.717) is 44.8 Å². The summed E-state index contributed by atoms with van der Waals surface area (Å²) in [6.45, 7) is 5.26. The molecule has 0 radical (unpaired) electrons. The lowest BCUT2D eigenvalue weighted by atomic mass is 9.82. The van der Waals surface area contributed by atoms with E-state index in [-0.39, 0.29) is 18.4 Å². The third kappa shape index (κ3) is 3.91. The van der Waals surface area contributed by atoms with Crippen molar-refractivity contribution < 1.29 is 19.1 Å². The predicted molar refractivity (Wildman–Crippen MR) is 103 cm³/mol. The number of para-hydroxylation sites is 2. The minimum absolute atomic E-state index is 0.0558. The fourth-order valence-corrected chi connectivity index (χ4v) is 3.61. The number of carboxylic acids is 1. The van der Waals surface area contributed by atoms with Crippen LogP contribution in [-0.4, -0.2) is 41.6 Å². The highest BCUT2D eigenvalue weighted by Crippen LogP contribution is 2.28. The summed E-state index contributed by atoms with van der Waals surface area (Å²) >= 11 is 0. The average molecular weight is 373 g/mol. The number of aromatic nitrogens is 1. The van der Waals surface area contributed by atoms with E-state index in [2.05, 4.69) is 15.2 Å². The molecule has 0 bridgehead atoms. The molecule has 0 atom stereocenters. The van der Waals surface area contributed by atoms with Crippen molar-refractivity contribution in [2.75, 3.05) is 24.5 Å². The number of nitrogens with zero attached hydrogens (tertiary/aromatic N) is 2. The number of aliphatic carboxylic acids is 1. The summed E-state index contributed by atoms with van der Waals surface area (Å²) in [4.78, 5) is 30.7. The van der Waals surface area contributed by atoms with E-state index in [0.717, 1.165) is 11.1 Å². The number of carbonyl (C=O) groups is 2. The molecule has 2 N–H and O–H groups in total. The van der Waals surface area contributed by atoms with Crippen LogP contribution in [0.1, 0.15) is 39.5 Å². The first-order valence-corrected chi connectivity index (χ1v) is 9.60. The van der Waals surface area contributed by atoms with Gasteiger partial charge in [0.1, 0.15) is 5.52 Å². The maximum Gasteiger partial charge on any atom is 0.311 e. The van der Waals surface area contributed by atoms with Gasteiger partial charge in [-0.05, 0) is 37.8 Å². The number of anilines is 1. The van der Waals surface area contributed by atoms with E-state index < -0.39 is 11.4 Å². The Bertz CT molecular complexity index is 771. The summed E-state index contributed by atoms with van der Waals surface area (Å²) < 4.78 is 5.80. The number of benzene rings is 1. The second kappa shape index (κ2) is 7.98. The van der Waals surface area contributed by atoms with Gasteiger partial charge in [0.05, 0.1) is 5.41 Å². The van der Waals surface area contributed by atoms with Crippen LogP contribution in [0.25, 0.3) is 11.1 Å². The molecule has 2 heterocycles. The molecule has 1 aromatic heterocycles. The highest BCUT2D eigenvalue weighted by atomic mass is 16.4. The average Bonchev–Trinajstić information content (AvgIpc) is 3.13. The van der Waals surface area contributed by atoms with Gasteiger partial charge in [-0.15, -0.1) is 0 Å². The van der Waals surface area contributed by atoms with Crippen LogP contribution in [-0.2, 0) is 9.59 Å². The molecule has 1 saturated heterocycles. The first-order valence-electron chi connectivity index (χ1n) is 9.60. The summed E-state index contributed by atoms with van der Waals surface area (Å²) in [5.41, 5.74) is 0.710. The van der Waals surface area contributed by atoms with Crippen molar-refractivity contribution in [3.63, 3.8) is 0 Å². The Morgan fingerprint density at radius 3 is 2.52 bits per heavy atom. The molecule has 1 amide bonds. The van der Waals surface area contributed by atoms with E-state index in [9.17, 15) is 14.7 Å². The second-order valence-corrected chi connectivity index (χ2v) is 7.24. The third-order valence-corrected chi connectivity index (χ3v) is 5.83. The van der Waals surface area contributed by atoms with Crippen LogP contribution in [0, 0.1) is 11.3 Å². The molecular weight excluding hydrogens is 346 g/mol. The number of piperidine rings is 1. The molecule has 0 unspecified atom stereocenters. The number of fused-ring (bicyclic) bond motifs is 1. The van der Waals surface area contributed by atoms with Gasteiger partial charge < -0.3 is 19.7 Å². The Morgan fingerprint density at radius 1 is 1.26 bits per heavy atom. The first kappa shape index (κ1) is 19.2. The van der Waals surface area contributed by atoms with Crippen LogP contribution < -0.4 is 10.2 Å². The zero-order chi connectivity index (χ0) is 19.4. The maximum atomic E-state index is 12.5. The van der Waals surface area contributed by atoms with E-state index in [1.54, 1.807) is 0 Å². The highest BCUT2D eigenvalue weighted by molar-refractivity contribution is 5.81. The van der Waals surface area contributed by atoms with Crippen LogP contribution in [0.2, 0.25) is 0 Å². The lowest BCUT2D eigenvalue weighted by Crippen LogP contribution is -2.46. The van der Waals surface area contributed by atoms with Crippen molar-refractivity contribution in [3.8, 4) is 0 Å². The van der Waals surface area contributed by atoms with Gasteiger partial charge in [-0.3, -0.25) is 9.59 Å². The highest BCUT2D eigenvalue weighted by Gasteiger charge is 2.36. The number of rotatable bonds is 7. The molecule has 7 nitrogen and oxygen atoms in total. The first-order chi connectivity index (χ1) is 13.0. The molecule has 1 aliphatic rings. The van der Waals surface area contributed by atoms with Gasteiger partial charge >= 0.3 is 5.97 Å². The molecule has 0 aliphatic carbocycles. The summed E-state index contributed by atoms with van der Waals surface area (Å²) in [5, 5.41) is 12.4. The topological polar surface area (TPSA) is 95.7 Å². The second-order valence-electron chi connectivity index (χ2n) is 7.24. The predicted octanol–water partition coefficient (Wildman–Crippen LogP) is 3.05. The smallest absolute Gasteiger partial charge is 0.311 e. The van der Waals surface area contributed by atoms with Crippen molar-refractivity contribution in [1.82, 2.24) is 10.3 Å². The van der Waals surface area contributed by atoms with Crippen LogP contribution >= 0.6 is 0 Å². The van der Waals surface area contributed by atoms with Gasteiger partial charge in [-0.2, -0.15) is 4.98 Å². The largest absolute Gasteiger partial charge is 0.481 e. The lowest BCUT2D eigenvalue weighted by molar-refractivity contribution is -0.149. The molecule has 1 aliphatic heterocycles. The maximum absolute atomic E-state index is 12.5. The normalized spacial score (nSPS) is 15.9.